The summed E-state index contributed by atoms with van der Waals surface area (Å²) in [4.78, 5) is 50.3. The lowest BCUT2D eigenvalue weighted by Gasteiger charge is -2.15. The van der Waals surface area contributed by atoms with Crippen molar-refractivity contribution in [2.45, 2.75) is 25.0 Å². The molecule has 52 heavy (non-hydrogen) atoms. The third-order valence-corrected chi connectivity index (χ3v) is 7.61. The lowest BCUT2D eigenvalue weighted by molar-refractivity contribution is -0.160. The molecular weight excluding hydrogens is 688 g/mol. The van der Waals surface area contributed by atoms with Gasteiger partial charge in [0.1, 0.15) is 17.1 Å². The fourth-order valence-corrected chi connectivity index (χ4v) is 5.11. The van der Waals surface area contributed by atoms with E-state index in [9.17, 15) is 65.1 Å². The first kappa shape index (κ1) is 35.9. The van der Waals surface area contributed by atoms with E-state index in [0.29, 0.717) is 0 Å². The van der Waals surface area contributed by atoms with Crippen LogP contribution in [0.3, 0.4) is 0 Å². The largest absolute Gasteiger partial charge is 0.508 e. The van der Waals surface area contributed by atoms with Gasteiger partial charge in [-0.1, -0.05) is 12.1 Å². The van der Waals surface area contributed by atoms with Crippen LogP contribution in [0.2, 0.25) is 0 Å². The molecule has 0 radical (unpaired) electrons. The summed E-state index contributed by atoms with van der Waals surface area (Å²) in [6.45, 7) is 0. The number of carbonyl (C=O) groups excluding carboxylic acids is 2. The van der Waals surface area contributed by atoms with Crippen molar-refractivity contribution in [3.63, 3.8) is 0 Å². The van der Waals surface area contributed by atoms with Gasteiger partial charge < -0.3 is 59.8 Å². The molecule has 0 amide bonds. The molecule has 0 aliphatic carbocycles. The molecule has 0 fully saturated rings. The predicted molar refractivity (Wildman–Crippen MR) is 177 cm³/mol. The molecule has 0 unspecified atom stereocenters. The zero-order valence-electron chi connectivity index (χ0n) is 26.5. The van der Waals surface area contributed by atoms with Crippen LogP contribution < -0.4 is 0 Å². The maximum atomic E-state index is 13.8. The van der Waals surface area contributed by atoms with Gasteiger partial charge in [-0.05, 0) is 71.3 Å². The summed E-state index contributed by atoms with van der Waals surface area (Å²) in [6.07, 6.45) is -2.47. The van der Waals surface area contributed by atoms with E-state index in [2.05, 4.69) is 0 Å². The van der Waals surface area contributed by atoms with Crippen LogP contribution in [0.15, 0.2) is 77.2 Å². The van der Waals surface area contributed by atoms with Gasteiger partial charge in [0.15, 0.2) is 40.1 Å². The van der Waals surface area contributed by atoms with E-state index < -0.39 is 88.3 Å². The molecule has 1 aromatic heterocycles. The van der Waals surface area contributed by atoms with Crippen LogP contribution in [-0.4, -0.2) is 82.0 Å². The number of carboxylic acids is 2. The number of carbonyl (C=O) groups is 4. The first-order valence-electron chi connectivity index (χ1n) is 15.0. The number of phenols is 7. The Labute approximate surface area is 291 Å². The Bertz CT molecular complexity index is 2250. The molecule has 0 aliphatic rings. The van der Waals surface area contributed by atoms with Crippen molar-refractivity contribution < 1.29 is 79.0 Å². The van der Waals surface area contributed by atoms with Crippen LogP contribution in [-0.2, 0) is 36.7 Å². The van der Waals surface area contributed by atoms with E-state index in [-0.39, 0.29) is 45.4 Å². The van der Waals surface area contributed by atoms with Gasteiger partial charge in [-0.2, -0.15) is 0 Å². The highest BCUT2D eigenvalue weighted by Crippen LogP contribution is 2.43. The molecule has 0 saturated heterocycles. The number of fused-ring (bicyclic) bond motifs is 1. The number of esters is 2. The van der Waals surface area contributed by atoms with E-state index in [1.54, 1.807) is 0 Å². The summed E-state index contributed by atoms with van der Waals surface area (Å²) < 4.78 is 16.1. The van der Waals surface area contributed by atoms with Gasteiger partial charge in [-0.25, -0.2) is 19.2 Å². The van der Waals surface area contributed by atoms with Crippen LogP contribution in [0, 0.1) is 0 Å². The van der Waals surface area contributed by atoms with Crippen LogP contribution >= 0.6 is 0 Å². The molecule has 0 aliphatic heterocycles. The highest BCUT2D eigenvalue weighted by Gasteiger charge is 2.31. The van der Waals surface area contributed by atoms with E-state index in [4.69, 9.17) is 13.9 Å². The Kier molecular flexibility index (Phi) is 10.1. The molecule has 16 nitrogen and oxygen atoms in total. The van der Waals surface area contributed by atoms with Gasteiger partial charge >= 0.3 is 23.9 Å². The highest BCUT2D eigenvalue weighted by atomic mass is 16.6. The Hall–Kier alpha value is -7.36. The van der Waals surface area contributed by atoms with Gasteiger partial charge in [0, 0.05) is 30.4 Å². The van der Waals surface area contributed by atoms with Crippen molar-refractivity contribution in [3.8, 4) is 51.6 Å². The molecule has 9 N–H and O–H groups in total. The topological polar surface area (TPSA) is 282 Å². The van der Waals surface area contributed by atoms with Gasteiger partial charge in [0.25, 0.3) is 0 Å². The SMILES string of the molecule is O=C(/C=C/c1cc(O)c2oc(-c3ccc(O)cc3O)c(C(=O)O[C@H](Cc3ccc(O)c(O)c3)C(=O)O)c2c1)O[C@H](Cc1ccc(O)c(O)c1)C(=O)O. The standard InChI is InChI=1S/C36H28O16/c37-19-4-5-20(24(40)15-19)33-31(36(49)51-29(35(47)48)14-18-2-7-23(39)26(42)11-18)21-9-16(12-27(43)32(21)52-33)3-8-30(44)50-28(34(45)46)13-17-1-6-22(38)25(41)10-17/h1-12,15,28-29,37-43H,13-14H2,(H,45,46)(H,47,48)/b8-3+/t28-,29-/m1/s1. The lowest BCUT2D eigenvalue weighted by Crippen LogP contribution is -2.29. The fourth-order valence-electron chi connectivity index (χ4n) is 5.11. The molecule has 0 saturated carbocycles. The first-order chi connectivity index (χ1) is 24.6. The lowest BCUT2D eigenvalue weighted by atomic mass is 10.0. The van der Waals surface area contributed by atoms with Gasteiger partial charge in [-0.3, -0.25) is 0 Å². The molecule has 1 heterocycles. The maximum absolute atomic E-state index is 13.8. The van der Waals surface area contributed by atoms with E-state index >= 15 is 0 Å². The number of hydrogen-bond acceptors (Lipinski definition) is 14. The van der Waals surface area contributed by atoms with Gasteiger partial charge in [0.2, 0.25) is 12.2 Å². The van der Waals surface area contributed by atoms with Crippen molar-refractivity contribution in [2.75, 3.05) is 0 Å². The van der Waals surface area contributed by atoms with Crippen LogP contribution in [0.4, 0.5) is 0 Å². The van der Waals surface area contributed by atoms with Crippen LogP contribution in [0.25, 0.3) is 28.4 Å². The fraction of sp³-hybridized carbons (Fsp3) is 0.111. The molecular formula is C36H28O16. The van der Waals surface area contributed by atoms with Crippen molar-refractivity contribution in [2.24, 2.45) is 0 Å². The highest BCUT2D eigenvalue weighted by molar-refractivity contribution is 6.11. The quantitative estimate of drug-likeness (QED) is 0.0498. The van der Waals surface area contributed by atoms with E-state index in [0.717, 1.165) is 54.6 Å². The molecule has 5 rings (SSSR count). The second-order valence-electron chi connectivity index (χ2n) is 11.3. The Balaban J connectivity index is 1.49. The Morgan fingerprint density at radius 3 is 1.75 bits per heavy atom. The van der Waals surface area contributed by atoms with Crippen LogP contribution in [0.5, 0.6) is 40.2 Å². The van der Waals surface area contributed by atoms with Gasteiger partial charge in [0.05, 0.1) is 5.56 Å². The maximum Gasteiger partial charge on any atom is 0.345 e. The second-order valence-corrected chi connectivity index (χ2v) is 11.3. The molecule has 0 spiro atoms. The molecule has 4 aromatic carbocycles. The second kappa shape index (κ2) is 14.6. The Morgan fingerprint density at radius 1 is 0.635 bits per heavy atom. The van der Waals surface area contributed by atoms with Crippen molar-refractivity contribution in [3.05, 3.63) is 95.1 Å². The summed E-state index contributed by atoms with van der Waals surface area (Å²) >= 11 is 0. The van der Waals surface area contributed by atoms with Crippen LogP contribution in [0.1, 0.15) is 27.0 Å². The van der Waals surface area contributed by atoms with E-state index in [1.165, 1.54) is 24.3 Å². The Morgan fingerprint density at radius 2 is 1.21 bits per heavy atom. The molecule has 2 atom stereocenters. The van der Waals surface area contributed by atoms with Gasteiger partial charge in [-0.15, -0.1) is 0 Å². The average molecular weight is 717 g/mol. The normalized spacial score (nSPS) is 12.4. The number of carboxylic acid groups (broad SMARTS) is 2. The van der Waals surface area contributed by atoms with E-state index in [1.807, 2.05) is 0 Å². The summed E-state index contributed by atoms with van der Waals surface area (Å²) in [5, 5.41) is 89.1. The zero-order valence-corrected chi connectivity index (χ0v) is 26.5. The number of benzene rings is 4. The minimum atomic E-state index is -1.86. The third kappa shape index (κ3) is 7.92. The molecule has 16 heteroatoms. The minimum Gasteiger partial charge on any atom is -0.508 e. The smallest absolute Gasteiger partial charge is 0.345 e. The number of phenolic OH excluding ortho intramolecular Hbond substituents is 7. The van der Waals surface area contributed by atoms with Crippen molar-refractivity contribution >= 4 is 40.9 Å². The summed E-state index contributed by atoms with van der Waals surface area (Å²) in [5.74, 6) is -9.41. The predicted octanol–water partition coefficient (Wildman–Crippen LogP) is 4.14. The zero-order chi connectivity index (χ0) is 37.9. The summed E-state index contributed by atoms with van der Waals surface area (Å²) in [5.41, 5.74) is -0.538. The molecule has 268 valence electrons. The number of ether oxygens (including phenoxy) is 2. The average Bonchev–Trinajstić information content (AvgIpc) is 3.46. The number of rotatable bonds is 12. The summed E-state index contributed by atoms with van der Waals surface area (Å²) in [7, 11) is 0. The van der Waals surface area contributed by atoms with Crippen molar-refractivity contribution in [1.29, 1.82) is 0 Å². The third-order valence-electron chi connectivity index (χ3n) is 7.61. The van der Waals surface area contributed by atoms with Crippen molar-refractivity contribution in [1.82, 2.24) is 0 Å². The monoisotopic (exact) mass is 716 g/mol. The number of furan rings is 1. The number of aliphatic carboxylic acids is 2. The number of hydrogen-bond donors (Lipinski definition) is 9. The number of aromatic hydroxyl groups is 7. The molecule has 0 bridgehead atoms. The first-order valence-corrected chi connectivity index (χ1v) is 15.0. The molecule has 5 aromatic rings. The minimum absolute atomic E-state index is 0.0305. The summed E-state index contributed by atoms with van der Waals surface area (Å²) in [6, 6.07) is 12.6.